The average molecular weight is 238 g/mol. The zero-order valence-corrected chi connectivity index (χ0v) is 10.5. The molecule has 0 aliphatic carbocycles. The van der Waals surface area contributed by atoms with Crippen molar-refractivity contribution >= 4 is 0 Å². The summed E-state index contributed by atoms with van der Waals surface area (Å²) in [5.41, 5.74) is 1.13. The van der Waals surface area contributed by atoms with Gasteiger partial charge in [0.05, 0.1) is 18.8 Å². The Balaban J connectivity index is 2.36. The molecule has 3 nitrogen and oxygen atoms in total. The standard InChI is InChI=1S/C14H22O3/c1-11(14(16)8-9-15)12(2)17-10-13-6-4-3-5-7-13/h3-7,11-12,14-16H,8-10H2,1-2H3/t11-,12+,14-/m1/s1. The van der Waals surface area contributed by atoms with Gasteiger partial charge < -0.3 is 14.9 Å². The van der Waals surface area contributed by atoms with Gasteiger partial charge in [0.25, 0.3) is 0 Å². The van der Waals surface area contributed by atoms with Crippen molar-refractivity contribution in [3.05, 3.63) is 35.9 Å². The molecule has 3 heteroatoms. The van der Waals surface area contributed by atoms with E-state index >= 15 is 0 Å². The van der Waals surface area contributed by atoms with Crippen LogP contribution < -0.4 is 0 Å². The quantitative estimate of drug-likeness (QED) is 0.763. The molecule has 0 heterocycles. The molecule has 0 radical (unpaired) electrons. The molecule has 0 spiro atoms. The van der Waals surface area contributed by atoms with Crippen molar-refractivity contribution in [2.45, 2.75) is 39.1 Å². The maximum absolute atomic E-state index is 9.75. The van der Waals surface area contributed by atoms with Gasteiger partial charge in [-0.25, -0.2) is 0 Å². The third-order valence-electron chi connectivity index (χ3n) is 3.13. The SMILES string of the molecule is C[C@@H]([C@H](O)CCO)[C@H](C)OCc1ccccc1. The van der Waals surface area contributed by atoms with Crippen molar-refractivity contribution in [1.29, 1.82) is 0 Å². The van der Waals surface area contributed by atoms with E-state index in [9.17, 15) is 5.11 Å². The molecule has 1 aromatic rings. The van der Waals surface area contributed by atoms with Gasteiger partial charge in [0, 0.05) is 12.5 Å². The molecule has 1 aromatic carbocycles. The molecular weight excluding hydrogens is 216 g/mol. The van der Waals surface area contributed by atoms with Gasteiger partial charge in [0.1, 0.15) is 0 Å². The number of hydrogen-bond donors (Lipinski definition) is 2. The van der Waals surface area contributed by atoms with Crippen molar-refractivity contribution in [1.82, 2.24) is 0 Å². The molecule has 0 bridgehead atoms. The number of aliphatic hydroxyl groups is 2. The Morgan fingerprint density at radius 1 is 1.18 bits per heavy atom. The maximum atomic E-state index is 9.75. The molecule has 1 rings (SSSR count). The summed E-state index contributed by atoms with van der Waals surface area (Å²) in [5, 5.41) is 18.5. The van der Waals surface area contributed by atoms with Gasteiger partial charge in [0.15, 0.2) is 0 Å². The van der Waals surface area contributed by atoms with Crippen molar-refractivity contribution in [2.75, 3.05) is 6.61 Å². The highest BCUT2D eigenvalue weighted by atomic mass is 16.5. The lowest BCUT2D eigenvalue weighted by atomic mass is 9.97. The Labute approximate surface area is 103 Å². The second kappa shape index (κ2) is 7.43. The third-order valence-corrected chi connectivity index (χ3v) is 3.13. The number of hydrogen-bond acceptors (Lipinski definition) is 3. The van der Waals surface area contributed by atoms with Crippen molar-refractivity contribution in [2.24, 2.45) is 5.92 Å². The molecule has 0 aliphatic rings. The molecule has 0 saturated carbocycles. The summed E-state index contributed by atoms with van der Waals surface area (Å²) in [4.78, 5) is 0. The highest BCUT2D eigenvalue weighted by Crippen LogP contribution is 2.16. The van der Waals surface area contributed by atoms with E-state index in [0.717, 1.165) is 5.56 Å². The molecule has 2 N–H and O–H groups in total. The van der Waals surface area contributed by atoms with Crippen LogP contribution in [0.4, 0.5) is 0 Å². The Morgan fingerprint density at radius 2 is 1.82 bits per heavy atom. The zero-order valence-electron chi connectivity index (χ0n) is 10.5. The second-order valence-electron chi connectivity index (χ2n) is 4.44. The highest BCUT2D eigenvalue weighted by molar-refractivity contribution is 5.13. The van der Waals surface area contributed by atoms with E-state index in [2.05, 4.69) is 0 Å². The summed E-state index contributed by atoms with van der Waals surface area (Å²) in [6, 6.07) is 9.96. The minimum atomic E-state index is -0.509. The summed E-state index contributed by atoms with van der Waals surface area (Å²) in [6.45, 7) is 4.46. The zero-order chi connectivity index (χ0) is 12.7. The summed E-state index contributed by atoms with van der Waals surface area (Å²) < 4.78 is 5.72. The van der Waals surface area contributed by atoms with Gasteiger partial charge >= 0.3 is 0 Å². The molecule has 0 unspecified atom stereocenters. The van der Waals surface area contributed by atoms with Crippen LogP contribution in [0.15, 0.2) is 30.3 Å². The molecular formula is C14H22O3. The van der Waals surface area contributed by atoms with Gasteiger partial charge in [-0.2, -0.15) is 0 Å². The number of ether oxygens (including phenoxy) is 1. The lowest BCUT2D eigenvalue weighted by Crippen LogP contribution is -2.30. The Morgan fingerprint density at radius 3 is 2.41 bits per heavy atom. The van der Waals surface area contributed by atoms with Gasteiger partial charge in [-0.15, -0.1) is 0 Å². The minimum Gasteiger partial charge on any atom is -0.396 e. The Hall–Kier alpha value is -0.900. The van der Waals surface area contributed by atoms with Crippen LogP contribution >= 0.6 is 0 Å². The lowest BCUT2D eigenvalue weighted by Gasteiger charge is -2.24. The highest BCUT2D eigenvalue weighted by Gasteiger charge is 2.20. The predicted molar refractivity (Wildman–Crippen MR) is 67.6 cm³/mol. The fourth-order valence-electron chi connectivity index (χ4n) is 1.66. The van der Waals surface area contributed by atoms with E-state index in [0.29, 0.717) is 13.0 Å². The lowest BCUT2D eigenvalue weighted by molar-refractivity contribution is -0.0338. The van der Waals surface area contributed by atoms with Gasteiger partial charge in [0.2, 0.25) is 0 Å². The normalized spacial score (nSPS) is 16.5. The van der Waals surface area contributed by atoms with E-state index in [-0.39, 0.29) is 18.6 Å². The second-order valence-corrected chi connectivity index (χ2v) is 4.44. The Bertz CT molecular complexity index is 300. The third kappa shape index (κ3) is 4.86. The van der Waals surface area contributed by atoms with E-state index in [4.69, 9.17) is 9.84 Å². The summed E-state index contributed by atoms with van der Waals surface area (Å²) in [7, 11) is 0. The first-order valence-corrected chi connectivity index (χ1v) is 6.09. The molecule has 0 aliphatic heterocycles. The number of benzene rings is 1. The van der Waals surface area contributed by atoms with E-state index in [1.54, 1.807) is 0 Å². The molecule has 0 saturated heterocycles. The maximum Gasteiger partial charge on any atom is 0.0720 e. The van der Waals surface area contributed by atoms with Gasteiger partial charge in [-0.3, -0.25) is 0 Å². The molecule has 17 heavy (non-hydrogen) atoms. The van der Waals surface area contributed by atoms with Crippen LogP contribution in [0.25, 0.3) is 0 Å². The van der Waals surface area contributed by atoms with Crippen LogP contribution in [0.1, 0.15) is 25.8 Å². The van der Waals surface area contributed by atoms with Gasteiger partial charge in [-0.1, -0.05) is 37.3 Å². The predicted octanol–water partition coefficient (Wildman–Crippen LogP) is 1.97. The van der Waals surface area contributed by atoms with Crippen LogP contribution in [0.3, 0.4) is 0 Å². The van der Waals surface area contributed by atoms with Crippen molar-refractivity contribution in [3.63, 3.8) is 0 Å². The van der Waals surface area contributed by atoms with Crippen LogP contribution in [-0.2, 0) is 11.3 Å². The van der Waals surface area contributed by atoms with Crippen LogP contribution in [0.5, 0.6) is 0 Å². The molecule has 0 fully saturated rings. The molecule has 3 atom stereocenters. The number of aliphatic hydroxyl groups excluding tert-OH is 2. The van der Waals surface area contributed by atoms with E-state index in [1.165, 1.54) is 0 Å². The largest absolute Gasteiger partial charge is 0.396 e. The first-order valence-electron chi connectivity index (χ1n) is 6.09. The molecule has 0 amide bonds. The van der Waals surface area contributed by atoms with E-state index in [1.807, 2.05) is 44.2 Å². The van der Waals surface area contributed by atoms with E-state index < -0.39 is 6.10 Å². The van der Waals surface area contributed by atoms with Crippen molar-refractivity contribution in [3.8, 4) is 0 Å². The summed E-state index contributed by atoms with van der Waals surface area (Å²) in [6.07, 6.45) is -0.136. The first kappa shape index (κ1) is 14.2. The summed E-state index contributed by atoms with van der Waals surface area (Å²) >= 11 is 0. The van der Waals surface area contributed by atoms with Crippen LogP contribution in [0.2, 0.25) is 0 Å². The molecule has 96 valence electrons. The minimum absolute atomic E-state index is 0.0108. The number of rotatable bonds is 7. The Kier molecular flexibility index (Phi) is 6.19. The van der Waals surface area contributed by atoms with Crippen molar-refractivity contribution < 1.29 is 14.9 Å². The van der Waals surface area contributed by atoms with Crippen LogP contribution in [0, 0.1) is 5.92 Å². The molecule has 0 aromatic heterocycles. The summed E-state index contributed by atoms with van der Waals surface area (Å²) in [5.74, 6) is 0.0193. The fraction of sp³-hybridized carbons (Fsp3) is 0.571. The first-order chi connectivity index (χ1) is 8.15. The van der Waals surface area contributed by atoms with Gasteiger partial charge in [-0.05, 0) is 18.9 Å². The topological polar surface area (TPSA) is 49.7 Å². The van der Waals surface area contributed by atoms with Crippen LogP contribution in [-0.4, -0.2) is 29.0 Å². The average Bonchev–Trinajstić information content (AvgIpc) is 2.36. The smallest absolute Gasteiger partial charge is 0.0720 e. The fourth-order valence-corrected chi connectivity index (χ4v) is 1.66. The monoisotopic (exact) mass is 238 g/mol.